The second-order valence-electron chi connectivity index (χ2n) is 9.28. The van der Waals surface area contributed by atoms with Crippen molar-refractivity contribution in [3.8, 4) is 11.4 Å². The number of hydrazone groups is 1. The summed E-state index contributed by atoms with van der Waals surface area (Å²) < 4.78 is 40.2. The Labute approximate surface area is 253 Å². The number of carbonyl (C=O) groups is 1. The molecule has 1 amide bonds. The fraction of sp³-hybridized carbons (Fsp3) is 0.107. The van der Waals surface area contributed by atoms with E-state index in [0.29, 0.717) is 31.4 Å². The Morgan fingerprint density at radius 1 is 1.00 bits per heavy atom. The summed E-state index contributed by atoms with van der Waals surface area (Å²) in [6.45, 7) is 1.65. The van der Waals surface area contributed by atoms with Crippen molar-refractivity contribution in [1.29, 1.82) is 0 Å². The summed E-state index contributed by atoms with van der Waals surface area (Å²) in [4.78, 5) is 30.5. The number of thiazole rings is 1. The lowest BCUT2D eigenvalue weighted by Crippen LogP contribution is -2.34. The highest BCUT2D eigenvalue weighted by atomic mass is 35.5. The van der Waals surface area contributed by atoms with E-state index in [0.717, 1.165) is 27.7 Å². The van der Waals surface area contributed by atoms with E-state index in [1.165, 1.54) is 33.7 Å². The molecule has 14 heteroatoms. The van der Waals surface area contributed by atoms with Crippen LogP contribution in [0, 0.1) is 0 Å². The molecule has 1 aromatic heterocycles. The minimum Gasteiger partial charge on any atom is -0.497 e. The number of benzene rings is 3. The predicted octanol–water partition coefficient (Wildman–Crippen LogP) is 3.69. The van der Waals surface area contributed by atoms with Gasteiger partial charge in [0.15, 0.2) is 0 Å². The molecule has 0 unspecified atom stereocenters. The number of ether oxygens (including phenoxy) is 1. The van der Waals surface area contributed by atoms with E-state index in [1.54, 1.807) is 38.3 Å². The SMILES string of the molecule is COc1ccc2c(c1)N(C)C(=c1sc(=C3C(=O)N(c4ccc(S(=O)(=O)O)cc4Cl)N=C3C)n(-c3ccccc3)c1=O)S2. The minimum atomic E-state index is -4.50. The van der Waals surface area contributed by atoms with Crippen LogP contribution < -0.4 is 29.4 Å². The zero-order valence-corrected chi connectivity index (χ0v) is 25.4. The summed E-state index contributed by atoms with van der Waals surface area (Å²) in [6.07, 6.45) is 0. The summed E-state index contributed by atoms with van der Waals surface area (Å²) in [5.74, 6) is 0.148. The molecule has 0 spiro atoms. The zero-order valence-electron chi connectivity index (χ0n) is 22.2. The molecule has 42 heavy (non-hydrogen) atoms. The highest BCUT2D eigenvalue weighted by molar-refractivity contribution is 8.08. The maximum Gasteiger partial charge on any atom is 0.294 e. The van der Waals surface area contributed by atoms with Crippen LogP contribution in [0.1, 0.15) is 6.92 Å². The van der Waals surface area contributed by atoms with Crippen molar-refractivity contribution in [2.45, 2.75) is 16.7 Å². The Kier molecular flexibility index (Phi) is 7.02. The largest absolute Gasteiger partial charge is 0.497 e. The standard InChI is InChI=1S/C28H21ClN4O6S3/c1-15-23(25(34)33(30-15)20-11-10-18(14-19(20)29)42(36,37)38)27-32(16-7-5-4-6-8-16)26(35)24(41-27)28-31(2)21-13-17(39-3)9-12-22(21)40-28/h4-14H,1-3H3,(H,36,37,38). The monoisotopic (exact) mass is 640 g/mol. The molecule has 10 nitrogen and oxygen atoms in total. The van der Waals surface area contributed by atoms with Crippen molar-refractivity contribution in [1.82, 2.24) is 4.57 Å². The lowest BCUT2D eigenvalue weighted by molar-refractivity contribution is -0.112. The summed E-state index contributed by atoms with van der Waals surface area (Å²) in [7, 11) is -1.03. The average Bonchev–Trinajstić information content (AvgIpc) is 3.57. The van der Waals surface area contributed by atoms with Gasteiger partial charge in [-0.3, -0.25) is 18.7 Å². The second-order valence-corrected chi connectivity index (χ2v) is 13.1. The number of thioether (sulfide) groups is 1. The lowest BCUT2D eigenvalue weighted by atomic mass is 10.2. The molecule has 0 atom stereocenters. The Bertz CT molecular complexity index is 2120. The van der Waals surface area contributed by atoms with Crippen molar-refractivity contribution in [3.05, 3.63) is 91.3 Å². The molecule has 3 heterocycles. The number of hydrogen-bond acceptors (Lipinski definition) is 9. The molecule has 0 aliphatic carbocycles. The van der Waals surface area contributed by atoms with Gasteiger partial charge in [-0.1, -0.05) is 41.6 Å². The number of aromatic nitrogens is 1. The van der Waals surface area contributed by atoms with Crippen molar-refractivity contribution >= 4 is 78.4 Å². The molecule has 0 saturated carbocycles. The molecule has 2 aliphatic rings. The number of amides is 1. The van der Waals surface area contributed by atoms with Crippen LogP contribution in [0.2, 0.25) is 5.02 Å². The Morgan fingerprint density at radius 2 is 1.74 bits per heavy atom. The number of nitrogens with zero attached hydrogens (tertiary/aromatic N) is 4. The smallest absolute Gasteiger partial charge is 0.294 e. The number of carbonyl (C=O) groups excluding carboxylic acids is 1. The van der Waals surface area contributed by atoms with Gasteiger partial charge in [0.05, 0.1) is 45.4 Å². The van der Waals surface area contributed by atoms with Gasteiger partial charge >= 0.3 is 0 Å². The first-order chi connectivity index (χ1) is 20.0. The van der Waals surface area contributed by atoms with Gasteiger partial charge in [0.25, 0.3) is 21.6 Å². The fourth-order valence-electron chi connectivity index (χ4n) is 4.68. The van der Waals surface area contributed by atoms with Gasteiger partial charge < -0.3 is 9.64 Å². The van der Waals surface area contributed by atoms with Gasteiger partial charge in [0.2, 0.25) is 0 Å². The number of para-hydroxylation sites is 1. The third-order valence-corrected chi connectivity index (χ3v) is 10.4. The van der Waals surface area contributed by atoms with Crippen LogP contribution in [-0.4, -0.2) is 43.3 Å². The molecule has 6 rings (SSSR count). The van der Waals surface area contributed by atoms with Crippen LogP contribution in [-0.2, 0) is 14.9 Å². The van der Waals surface area contributed by atoms with Gasteiger partial charge in [0.1, 0.15) is 20.0 Å². The summed E-state index contributed by atoms with van der Waals surface area (Å²) >= 11 is 8.97. The minimum absolute atomic E-state index is 0.101. The number of fused-ring (bicyclic) bond motifs is 1. The van der Waals surface area contributed by atoms with Gasteiger partial charge in [-0.05, 0) is 49.4 Å². The van der Waals surface area contributed by atoms with Crippen molar-refractivity contribution in [2.24, 2.45) is 5.10 Å². The van der Waals surface area contributed by atoms with Crippen LogP contribution in [0.15, 0.2) is 86.4 Å². The predicted molar refractivity (Wildman–Crippen MR) is 165 cm³/mol. The number of halogens is 1. The van der Waals surface area contributed by atoms with E-state index in [-0.39, 0.29) is 21.8 Å². The highest BCUT2D eigenvalue weighted by Gasteiger charge is 2.34. The van der Waals surface area contributed by atoms with Gasteiger partial charge in [0, 0.05) is 18.0 Å². The Morgan fingerprint density at radius 3 is 2.40 bits per heavy atom. The highest BCUT2D eigenvalue weighted by Crippen LogP contribution is 2.46. The number of anilines is 2. The van der Waals surface area contributed by atoms with Gasteiger partial charge in [-0.2, -0.15) is 18.5 Å². The lowest BCUT2D eigenvalue weighted by Gasteiger charge is -2.14. The third-order valence-electron chi connectivity index (χ3n) is 6.72. The van der Waals surface area contributed by atoms with Crippen LogP contribution in [0.5, 0.6) is 5.75 Å². The van der Waals surface area contributed by atoms with Gasteiger partial charge in [-0.25, -0.2) is 0 Å². The van der Waals surface area contributed by atoms with Crippen LogP contribution in [0.25, 0.3) is 16.3 Å². The van der Waals surface area contributed by atoms with E-state index in [4.69, 9.17) is 16.3 Å². The fourth-order valence-corrected chi connectivity index (χ4v) is 8.03. The van der Waals surface area contributed by atoms with Gasteiger partial charge in [-0.15, -0.1) is 11.3 Å². The van der Waals surface area contributed by atoms with Crippen molar-refractivity contribution in [2.75, 3.05) is 24.1 Å². The summed E-state index contributed by atoms with van der Waals surface area (Å²) in [6, 6.07) is 18.2. The molecule has 0 bridgehead atoms. The van der Waals surface area contributed by atoms with E-state index >= 15 is 0 Å². The normalized spacial score (nSPS) is 17.5. The van der Waals surface area contributed by atoms with E-state index in [9.17, 15) is 22.6 Å². The zero-order chi connectivity index (χ0) is 29.9. The molecule has 0 saturated heterocycles. The number of rotatable bonds is 4. The summed E-state index contributed by atoms with van der Waals surface area (Å²) in [5, 5.41) is 6.08. The molecule has 4 aromatic rings. The number of methoxy groups -OCH3 is 1. The van der Waals surface area contributed by atoms with E-state index in [2.05, 4.69) is 5.10 Å². The molecule has 0 radical (unpaired) electrons. The topological polar surface area (TPSA) is 122 Å². The molecule has 1 N–H and O–H groups in total. The molecule has 214 valence electrons. The Balaban J connectivity index is 1.58. The second kappa shape index (κ2) is 10.4. The molecule has 0 fully saturated rings. The average molecular weight is 641 g/mol. The van der Waals surface area contributed by atoms with Crippen LogP contribution >= 0.6 is 34.7 Å². The first-order valence-corrected chi connectivity index (χ1v) is 15.8. The first-order valence-electron chi connectivity index (χ1n) is 12.3. The summed E-state index contributed by atoms with van der Waals surface area (Å²) in [5.41, 5.74) is 1.85. The van der Waals surface area contributed by atoms with Crippen LogP contribution in [0.3, 0.4) is 0 Å². The van der Waals surface area contributed by atoms with Crippen LogP contribution in [0.4, 0.5) is 11.4 Å². The molecule has 2 aliphatic heterocycles. The molecule has 3 aromatic carbocycles. The maximum absolute atomic E-state index is 14.1. The first kappa shape index (κ1) is 28.2. The third kappa shape index (κ3) is 4.63. The quantitative estimate of drug-likeness (QED) is 0.335. The van der Waals surface area contributed by atoms with Crippen molar-refractivity contribution in [3.63, 3.8) is 0 Å². The van der Waals surface area contributed by atoms with Crippen molar-refractivity contribution < 1.29 is 22.5 Å². The van der Waals surface area contributed by atoms with E-state index < -0.39 is 20.9 Å². The Hall–Kier alpha value is -3.88. The molecular formula is C28H21ClN4O6S3. The number of hydrogen-bond donors (Lipinski definition) is 1. The van der Waals surface area contributed by atoms with E-state index in [1.807, 2.05) is 36.2 Å². The maximum atomic E-state index is 14.1. The molecular weight excluding hydrogens is 620 g/mol.